The van der Waals surface area contributed by atoms with Gasteiger partial charge in [-0.05, 0) is 20.3 Å². The first-order chi connectivity index (χ1) is 11.8. The molecule has 3 atom stereocenters. The fourth-order valence-electron chi connectivity index (χ4n) is 3.61. The Morgan fingerprint density at radius 1 is 1.32 bits per heavy atom. The number of hydrogen-bond acceptors (Lipinski definition) is 6. The highest BCUT2D eigenvalue weighted by molar-refractivity contribution is 5.96. The van der Waals surface area contributed by atoms with Crippen molar-refractivity contribution < 1.29 is 18.8 Å². The predicted molar refractivity (Wildman–Crippen MR) is 90.3 cm³/mol. The number of nitrogens with zero attached hydrogens (tertiary/aromatic N) is 3. The Bertz CT molecular complexity index is 638. The van der Waals surface area contributed by atoms with Crippen LogP contribution in [0.3, 0.4) is 0 Å². The number of amides is 2. The zero-order valence-corrected chi connectivity index (χ0v) is 15.2. The van der Waals surface area contributed by atoms with Gasteiger partial charge in [-0.1, -0.05) is 5.16 Å². The number of aromatic nitrogens is 1. The maximum atomic E-state index is 12.5. The van der Waals surface area contributed by atoms with E-state index in [2.05, 4.69) is 15.4 Å². The van der Waals surface area contributed by atoms with Crippen LogP contribution < -0.4 is 5.32 Å². The minimum Gasteiger partial charge on any atom is -0.375 e. The molecular formula is C17H26N4O4. The lowest BCUT2D eigenvalue weighted by Gasteiger charge is -2.35. The van der Waals surface area contributed by atoms with E-state index >= 15 is 0 Å². The Balaban J connectivity index is 1.55. The number of carbonyl (C=O) groups excluding carboxylic acids is 2. The summed E-state index contributed by atoms with van der Waals surface area (Å²) in [5, 5.41) is 6.92. The summed E-state index contributed by atoms with van der Waals surface area (Å²) < 4.78 is 10.9. The molecule has 0 bridgehead atoms. The monoisotopic (exact) mass is 350 g/mol. The number of hydrogen-bond donors (Lipinski definition) is 1. The summed E-state index contributed by atoms with van der Waals surface area (Å²) in [5.74, 6) is 0.476. The fourth-order valence-corrected chi connectivity index (χ4v) is 3.61. The van der Waals surface area contributed by atoms with Gasteiger partial charge in [-0.25, -0.2) is 0 Å². The zero-order chi connectivity index (χ0) is 18.1. The second-order valence-electron chi connectivity index (χ2n) is 7.16. The van der Waals surface area contributed by atoms with Gasteiger partial charge in [0.25, 0.3) is 5.91 Å². The third-order valence-electron chi connectivity index (χ3n) is 4.99. The average molecular weight is 350 g/mol. The molecule has 25 heavy (non-hydrogen) atoms. The first-order valence-corrected chi connectivity index (χ1v) is 8.64. The molecule has 3 rings (SSSR count). The lowest BCUT2D eigenvalue weighted by molar-refractivity contribution is -0.134. The molecule has 0 spiro atoms. The van der Waals surface area contributed by atoms with Crippen LogP contribution in [0.5, 0.6) is 0 Å². The Kier molecular flexibility index (Phi) is 5.10. The highest BCUT2D eigenvalue weighted by Gasteiger charge is 2.38. The molecule has 2 aliphatic rings. The highest BCUT2D eigenvalue weighted by Crippen LogP contribution is 2.25. The predicted octanol–water partition coefficient (Wildman–Crippen LogP) is 0.341. The third-order valence-corrected chi connectivity index (χ3v) is 4.99. The molecule has 2 aliphatic heterocycles. The minimum absolute atomic E-state index is 0.0677. The largest absolute Gasteiger partial charge is 0.375 e. The van der Waals surface area contributed by atoms with E-state index in [9.17, 15) is 9.59 Å². The molecule has 8 heteroatoms. The van der Waals surface area contributed by atoms with Crippen LogP contribution in [0.2, 0.25) is 0 Å². The van der Waals surface area contributed by atoms with Crippen molar-refractivity contribution in [1.29, 1.82) is 0 Å². The number of fused-ring (bicyclic) bond motifs is 1. The Labute approximate surface area is 147 Å². The van der Waals surface area contributed by atoms with Crippen molar-refractivity contribution in [2.45, 2.75) is 44.9 Å². The highest BCUT2D eigenvalue weighted by atomic mass is 16.5. The summed E-state index contributed by atoms with van der Waals surface area (Å²) >= 11 is 0. The number of ether oxygens (including phenoxy) is 1. The first kappa shape index (κ1) is 17.9. The average Bonchev–Trinajstić information content (AvgIpc) is 3.09. The van der Waals surface area contributed by atoms with Crippen molar-refractivity contribution in [3.63, 3.8) is 0 Å². The fraction of sp³-hybridized carbons (Fsp3) is 0.706. The molecule has 1 aromatic heterocycles. The van der Waals surface area contributed by atoms with Gasteiger partial charge in [0, 0.05) is 39.3 Å². The van der Waals surface area contributed by atoms with E-state index in [1.54, 1.807) is 32.8 Å². The van der Waals surface area contributed by atoms with E-state index in [0.717, 1.165) is 19.5 Å². The van der Waals surface area contributed by atoms with E-state index in [1.165, 1.54) is 0 Å². The molecule has 1 aromatic rings. The Morgan fingerprint density at radius 3 is 2.72 bits per heavy atom. The topological polar surface area (TPSA) is 87.9 Å². The number of aryl methyl sites for hydroxylation is 2. The van der Waals surface area contributed by atoms with Gasteiger partial charge < -0.3 is 19.5 Å². The standard InChI is InChI=1S/C17H26N4O4/c1-10-16(11(2)25-19-10)17(23)18-12-5-13-9-24-14(8-21(13)7-12)6-15(22)20(3)4/h12-14H,5-9H2,1-4H3,(H,18,23)/t12-,13+,14+/m1/s1. The van der Waals surface area contributed by atoms with Gasteiger partial charge in [0.15, 0.2) is 0 Å². The number of carbonyl (C=O) groups is 2. The van der Waals surface area contributed by atoms with Crippen LogP contribution in [0.15, 0.2) is 4.52 Å². The zero-order valence-electron chi connectivity index (χ0n) is 15.2. The Hall–Kier alpha value is -1.93. The smallest absolute Gasteiger partial charge is 0.257 e. The van der Waals surface area contributed by atoms with Gasteiger partial charge in [-0.3, -0.25) is 14.5 Å². The summed E-state index contributed by atoms with van der Waals surface area (Å²) in [6.07, 6.45) is 1.17. The quantitative estimate of drug-likeness (QED) is 0.843. The van der Waals surface area contributed by atoms with Gasteiger partial charge in [0.05, 0.1) is 24.8 Å². The molecule has 0 saturated carbocycles. The number of rotatable bonds is 4. The molecule has 138 valence electrons. The van der Waals surface area contributed by atoms with Gasteiger partial charge in [-0.2, -0.15) is 0 Å². The molecule has 2 fully saturated rings. The van der Waals surface area contributed by atoms with Crippen LogP contribution in [-0.2, 0) is 9.53 Å². The SMILES string of the molecule is Cc1noc(C)c1C(=O)N[C@@H]1C[C@H]2CO[C@@H](CC(=O)N(C)C)CN2C1. The van der Waals surface area contributed by atoms with Crippen LogP contribution in [0, 0.1) is 13.8 Å². The number of nitrogens with one attached hydrogen (secondary N) is 1. The normalized spacial score (nSPS) is 26.3. The molecule has 0 radical (unpaired) electrons. The van der Waals surface area contributed by atoms with Gasteiger partial charge in [0.2, 0.25) is 5.91 Å². The summed E-state index contributed by atoms with van der Waals surface area (Å²) in [5.41, 5.74) is 1.13. The van der Waals surface area contributed by atoms with E-state index in [0.29, 0.717) is 36.1 Å². The van der Waals surface area contributed by atoms with Gasteiger partial charge in [0.1, 0.15) is 11.3 Å². The van der Waals surface area contributed by atoms with E-state index in [4.69, 9.17) is 9.26 Å². The van der Waals surface area contributed by atoms with Crippen LogP contribution in [0.25, 0.3) is 0 Å². The van der Waals surface area contributed by atoms with E-state index in [-0.39, 0.29) is 24.0 Å². The van der Waals surface area contributed by atoms with Crippen LogP contribution in [0.1, 0.15) is 34.7 Å². The van der Waals surface area contributed by atoms with Crippen molar-refractivity contribution in [1.82, 2.24) is 20.3 Å². The molecule has 0 unspecified atom stereocenters. The molecule has 2 saturated heterocycles. The van der Waals surface area contributed by atoms with Crippen LogP contribution in [-0.4, -0.2) is 78.8 Å². The minimum atomic E-state index is -0.138. The molecule has 1 N–H and O–H groups in total. The lowest BCUT2D eigenvalue weighted by Crippen LogP contribution is -2.47. The van der Waals surface area contributed by atoms with Crippen molar-refractivity contribution >= 4 is 11.8 Å². The summed E-state index contributed by atoms with van der Waals surface area (Å²) in [6, 6.07) is 0.360. The van der Waals surface area contributed by atoms with E-state index < -0.39 is 0 Å². The molecule has 0 aromatic carbocycles. The summed E-state index contributed by atoms with van der Waals surface area (Å²) in [4.78, 5) is 28.3. The first-order valence-electron chi connectivity index (χ1n) is 8.64. The molecular weight excluding hydrogens is 324 g/mol. The number of morpholine rings is 1. The van der Waals surface area contributed by atoms with Crippen LogP contribution in [0.4, 0.5) is 0 Å². The van der Waals surface area contributed by atoms with Crippen molar-refractivity contribution in [2.24, 2.45) is 0 Å². The molecule has 3 heterocycles. The second-order valence-corrected chi connectivity index (χ2v) is 7.16. The van der Waals surface area contributed by atoms with Crippen molar-refractivity contribution in [2.75, 3.05) is 33.8 Å². The Morgan fingerprint density at radius 2 is 2.08 bits per heavy atom. The maximum Gasteiger partial charge on any atom is 0.257 e. The second kappa shape index (κ2) is 7.13. The molecule has 8 nitrogen and oxygen atoms in total. The summed E-state index contributed by atoms with van der Waals surface area (Å²) in [6.45, 7) is 5.61. The maximum absolute atomic E-state index is 12.5. The van der Waals surface area contributed by atoms with Crippen LogP contribution >= 0.6 is 0 Å². The lowest BCUT2D eigenvalue weighted by atomic mass is 10.1. The molecule has 0 aliphatic carbocycles. The van der Waals surface area contributed by atoms with Gasteiger partial charge >= 0.3 is 0 Å². The van der Waals surface area contributed by atoms with E-state index in [1.807, 2.05) is 0 Å². The van der Waals surface area contributed by atoms with Crippen molar-refractivity contribution in [3.8, 4) is 0 Å². The summed E-state index contributed by atoms with van der Waals surface area (Å²) in [7, 11) is 3.51. The van der Waals surface area contributed by atoms with Gasteiger partial charge in [-0.15, -0.1) is 0 Å². The van der Waals surface area contributed by atoms with Crippen molar-refractivity contribution in [3.05, 3.63) is 17.0 Å². The molecule has 2 amide bonds. The third kappa shape index (κ3) is 3.85.